The van der Waals surface area contributed by atoms with Gasteiger partial charge in [0.15, 0.2) is 12.4 Å². The standard InChI is InChI=1S/C23H36N2O6.C12H16N2.C6H8O4/c1-13-14(2)24-21(18(13)11-30-28-5)16-7-9-17(10-8-16)22-20(23(26)27-4)19(12-31-29-6)15(3)25-22;1-3-13-9-11-5-7-12(8-6-11)10-14-4-2;1-9-5(7)3-4-6(8)10-2/h7-10,13-15,18-22,24-25H,11-12H2,1-6H3;5-10H,3-4H2,1-2H3;3-4H,1-2H3/p+2/b;;4-3-. The molecule has 304 valence electrons. The highest BCUT2D eigenvalue weighted by Crippen LogP contribution is 2.41. The van der Waals surface area contributed by atoms with Crippen LogP contribution in [0.1, 0.15) is 69.0 Å². The molecule has 0 amide bonds. The number of carbonyl (C=O) groups is 3. The van der Waals surface area contributed by atoms with Gasteiger partial charge in [0, 0.05) is 59.3 Å². The molecule has 2 aromatic rings. The van der Waals surface area contributed by atoms with Crippen molar-refractivity contribution >= 4 is 30.3 Å². The lowest BCUT2D eigenvalue weighted by atomic mass is 9.84. The fraction of sp³-hybridized carbons (Fsp3) is 0.537. The van der Waals surface area contributed by atoms with E-state index in [1.165, 1.54) is 45.1 Å². The molecule has 2 heterocycles. The number of benzene rings is 2. The van der Waals surface area contributed by atoms with E-state index in [9.17, 15) is 14.4 Å². The molecule has 2 aromatic carbocycles. The minimum Gasteiger partial charge on any atom is -0.469 e. The van der Waals surface area contributed by atoms with Crippen LogP contribution in [0.15, 0.2) is 60.7 Å². The predicted molar refractivity (Wildman–Crippen MR) is 208 cm³/mol. The van der Waals surface area contributed by atoms with Crippen LogP contribution in [0.4, 0.5) is 0 Å². The molecular formula is C41H62N4O10+2. The third kappa shape index (κ3) is 15.0. The van der Waals surface area contributed by atoms with Crippen LogP contribution in [0.25, 0.3) is 0 Å². The Hall–Kier alpha value is -4.31. The minimum atomic E-state index is -0.578. The largest absolute Gasteiger partial charge is 0.469 e. The van der Waals surface area contributed by atoms with Gasteiger partial charge in [-0.25, -0.2) is 39.1 Å². The first-order valence-electron chi connectivity index (χ1n) is 18.6. The van der Waals surface area contributed by atoms with Gasteiger partial charge in [0.1, 0.15) is 13.1 Å². The zero-order chi connectivity index (χ0) is 40.8. The molecule has 4 N–H and O–H groups in total. The van der Waals surface area contributed by atoms with Crippen LogP contribution in [0, 0.1) is 23.7 Å². The van der Waals surface area contributed by atoms with E-state index in [1.807, 2.05) is 12.4 Å². The normalized spacial score (nSPS) is 24.6. The van der Waals surface area contributed by atoms with Gasteiger partial charge in [-0.1, -0.05) is 31.2 Å². The van der Waals surface area contributed by atoms with Gasteiger partial charge >= 0.3 is 17.9 Å². The molecule has 4 rings (SSSR count). The maximum atomic E-state index is 12.6. The van der Waals surface area contributed by atoms with Gasteiger partial charge in [0.25, 0.3) is 0 Å². The summed E-state index contributed by atoms with van der Waals surface area (Å²) in [7, 11) is 6.89. The van der Waals surface area contributed by atoms with E-state index in [0.717, 1.165) is 30.8 Å². The zero-order valence-corrected chi connectivity index (χ0v) is 34.0. The predicted octanol–water partition coefficient (Wildman–Crippen LogP) is 1.18. The van der Waals surface area contributed by atoms with Crippen molar-refractivity contribution < 1.29 is 58.1 Å². The van der Waals surface area contributed by atoms with Crippen LogP contribution in [-0.4, -0.2) is 104 Å². The van der Waals surface area contributed by atoms with E-state index >= 15 is 0 Å². The van der Waals surface area contributed by atoms with Crippen LogP contribution < -0.4 is 20.6 Å². The van der Waals surface area contributed by atoms with E-state index < -0.39 is 11.9 Å². The number of ether oxygens (including phenoxy) is 3. The number of carbonyl (C=O) groups excluding carboxylic acids is 3. The van der Waals surface area contributed by atoms with Crippen LogP contribution in [-0.2, 0) is 48.1 Å². The third-order valence-electron chi connectivity index (χ3n) is 9.76. The summed E-state index contributed by atoms with van der Waals surface area (Å²) < 4.78 is 13.5. The summed E-state index contributed by atoms with van der Waals surface area (Å²) in [6.45, 7) is 13.5. The Morgan fingerprint density at radius 3 is 1.47 bits per heavy atom. The third-order valence-corrected chi connectivity index (χ3v) is 9.76. The van der Waals surface area contributed by atoms with Crippen LogP contribution in [0.5, 0.6) is 0 Å². The Balaban J connectivity index is 0.000000358. The van der Waals surface area contributed by atoms with Crippen molar-refractivity contribution in [1.29, 1.82) is 0 Å². The maximum absolute atomic E-state index is 12.6. The van der Waals surface area contributed by atoms with Crippen molar-refractivity contribution in [3.63, 3.8) is 0 Å². The maximum Gasteiger partial charge on any atom is 0.330 e. The van der Waals surface area contributed by atoms with Crippen molar-refractivity contribution in [2.75, 3.05) is 61.9 Å². The molecule has 0 aromatic heterocycles. The lowest BCUT2D eigenvalue weighted by Crippen LogP contribution is -2.68. The molecule has 0 radical (unpaired) electrons. The minimum absolute atomic E-state index is 0.0501. The van der Waals surface area contributed by atoms with E-state index in [1.54, 1.807) is 7.11 Å². The van der Waals surface area contributed by atoms with Crippen LogP contribution in [0.2, 0.25) is 0 Å². The van der Waals surface area contributed by atoms with Gasteiger partial charge < -0.3 is 24.8 Å². The van der Waals surface area contributed by atoms with E-state index in [-0.39, 0.29) is 35.9 Å². The Morgan fingerprint density at radius 2 is 1.05 bits per heavy atom. The Morgan fingerprint density at radius 1 is 0.618 bits per heavy atom. The lowest BCUT2D eigenvalue weighted by molar-refractivity contribution is -0.446. The average Bonchev–Trinajstić information content (AvgIpc) is 3.70. The van der Waals surface area contributed by atoms with Gasteiger partial charge in [-0.2, -0.15) is 0 Å². The molecule has 2 aliphatic rings. The molecule has 55 heavy (non-hydrogen) atoms. The van der Waals surface area contributed by atoms with E-state index in [4.69, 9.17) is 24.3 Å². The average molecular weight is 771 g/mol. The smallest absolute Gasteiger partial charge is 0.330 e. The zero-order valence-electron chi connectivity index (χ0n) is 34.0. The second-order valence-corrected chi connectivity index (χ2v) is 13.1. The van der Waals surface area contributed by atoms with Crippen molar-refractivity contribution in [3.05, 3.63) is 82.9 Å². The monoisotopic (exact) mass is 770 g/mol. The first kappa shape index (κ1) is 46.8. The number of hydrogen-bond acceptors (Lipinski definition) is 12. The highest BCUT2D eigenvalue weighted by Gasteiger charge is 2.47. The molecule has 0 bridgehead atoms. The molecule has 14 nitrogen and oxygen atoms in total. The molecule has 8 atom stereocenters. The first-order chi connectivity index (χ1) is 26.5. The summed E-state index contributed by atoms with van der Waals surface area (Å²) in [5.74, 6) is -1.03. The molecule has 2 aliphatic heterocycles. The summed E-state index contributed by atoms with van der Waals surface area (Å²) >= 11 is 0. The van der Waals surface area contributed by atoms with Gasteiger partial charge in [-0.3, -0.25) is 4.79 Å². The summed E-state index contributed by atoms with van der Waals surface area (Å²) in [5.41, 5.74) is 4.67. The molecular weight excluding hydrogens is 708 g/mol. The van der Waals surface area contributed by atoms with Crippen LogP contribution >= 0.6 is 0 Å². The highest BCUT2D eigenvalue weighted by molar-refractivity contribution is 5.91. The van der Waals surface area contributed by atoms with Gasteiger partial charge in [0.05, 0.1) is 54.7 Å². The first-order valence-corrected chi connectivity index (χ1v) is 18.6. The fourth-order valence-corrected chi connectivity index (χ4v) is 6.50. The highest BCUT2D eigenvalue weighted by atomic mass is 17.2. The summed E-state index contributed by atoms with van der Waals surface area (Å²) in [5, 5.41) is 7.23. The van der Waals surface area contributed by atoms with Gasteiger partial charge in [0.2, 0.25) is 0 Å². The number of rotatable bonds is 15. The molecule has 14 heteroatoms. The molecule has 2 saturated heterocycles. The number of nitrogens with one attached hydrogen (secondary N) is 4. The number of esters is 3. The Labute approximate surface area is 325 Å². The van der Waals surface area contributed by atoms with Crippen molar-refractivity contribution in [3.8, 4) is 0 Å². The van der Waals surface area contributed by atoms with Crippen LogP contribution in [0.3, 0.4) is 0 Å². The Bertz CT molecular complexity index is 1460. The topological polar surface area (TPSA) is 168 Å². The van der Waals surface area contributed by atoms with E-state index in [0.29, 0.717) is 31.1 Å². The summed E-state index contributed by atoms with van der Waals surface area (Å²) in [6.07, 6.45) is 6.03. The Kier molecular flexibility index (Phi) is 21.9. The second kappa shape index (κ2) is 25.7. The summed E-state index contributed by atoms with van der Waals surface area (Å²) in [6, 6.07) is 17.4. The number of methoxy groups -OCH3 is 3. The SMILES string of the molecule is CC[NH+]=Cc1ccc(C=[NH+]CC)cc1.COC(=O)/C=C\C(=O)OC.COOCC1C(c2ccc(C3NC(C)C(COOC)C3C(=O)OC)cc2)NC(C)C1C. The van der Waals surface area contributed by atoms with Crippen molar-refractivity contribution in [1.82, 2.24) is 10.6 Å². The molecule has 8 unspecified atom stereocenters. The molecule has 0 saturated carbocycles. The molecule has 2 fully saturated rings. The molecule has 0 aliphatic carbocycles. The van der Waals surface area contributed by atoms with Gasteiger partial charge in [-0.05, 0) is 69.0 Å². The van der Waals surface area contributed by atoms with Gasteiger partial charge in [-0.15, -0.1) is 0 Å². The van der Waals surface area contributed by atoms with Crippen molar-refractivity contribution in [2.24, 2.45) is 23.7 Å². The quantitative estimate of drug-likeness (QED) is 0.0511. The van der Waals surface area contributed by atoms with E-state index in [2.05, 4.69) is 113 Å². The second-order valence-electron chi connectivity index (χ2n) is 13.1. The summed E-state index contributed by atoms with van der Waals surface area (Å²) in [4.78, 5) is 59.7. The fourth-order valence-electron chi connectivity index (χ4n) is 6.50. The molecule has 0 spiro atoms. The lowest BCUT2D eigenvalue weighted by Gasteiger charge is -2.24. The number of hydrogen-bond donors (Lipinski definition) is 4. The van der Waals surface area contributed by atoms with Crippen molar-refractivity contribution in [2.45, 2.75) is 58.8 Å².